The Bertz CT molecular complexity index is 421. The summed E-state index contributed by atoms with van der Waals surface area (Å²) in [5, 5.41) is 10.1. The zero-order valence-electron chi connectivity index (χ0n) is 9.98. The van der Waals surface area contributed by atoms with E-state index in [4.69, 9.17) is 0 Å². The quantitative estimate of drug-likeness (QED) is 0.472. The van der Waals surface area contributed by atoms with Crippen LogP contribution in [-0.2, 0) is 6.42 Å². The molecule has 0 aliphatic heterocycles. The van der Waals surface area contributed by atoms with E-state index in [0.29, 0.717) is 12.2 Å². The van der Waals surface area contributed by atoms with Crippen LogP contribution in [0.25, 0.3) is 5.57 Å². The van der Waals surface area contributed by atoms with Gasteiger partial charge in [0.25, 0.3) is 0 Å². The normalized spacial score (nSPS) is 17.4. The van der Waals surface area contributed by atoms with E-state index in [2.05, 4.69) is 24.8 Å². The van der Waals surface area contributed by atoms with Crippen LogP contribution in [0.1, 0.15) is 36.8 Å². The summed E-state index contributed by atoms with van der Waals surface area (Å²) >= 11 is 0. The van der Waals surface area contributed by atoms with Crippen molar-refractivity contribution in [3.05, 3.63) is 53.8 Å². The first-order valence-corrected chi connectivity index (χ1v) is 5.93. The standard InChI is InChI=1S/C15H18O.Sm/c1-2-7-15(16)14-11-6-4-9-12-8-3-5-10-13(12)14;/h2-3,5,8,10,16H,1,4,6-7,9,11H2;/q;+3/b15-14-;. The minimum Gasteiger partial charge on any atom is -0.512 e. The number of benzene rings is 1. The molecule has 0 aromatic heterocycles. The van der Waals surface area contributed by atoms with Gasteiger partial charge in [-0.25, -0.2) is 0 Å². The summed E-state index contributed by atoms with van der Waals surface area (Å²) in [7, 11) is 0. The van der Waals surface area contributed by atoms with Gasteiger partial charge in [0, 0.05) is 6.42 Å². The molecule has 0 unspecified atom stereocenters. The second-order valence-electron chi connectivity index (χ2n) is 4.28. The van der Waals surface area contributed by atoms with Gasteiger partial charge in [-0.05, 0) is 42.4 Å². The summed E-state index contributed by atoms with van der Waals surface area (Å²) in [4.78, 5) is 0. The summed E-state index contributed by atoms with van der Waals surface area (Å²) in [5.41, 5.74) is 3.72. The van der Waals surface area contributed by atoms with Gasteiger partial charge < -0.3 is 5.11 Å². The first-order valence-electron chi connectivity index (χ1n) is 5.93. The molecule has 0 amide bonds. The fourth-order valence-corrected chi connectivity index (χ4v) is 2.34. The van der Waals surface area contributed by atoms with Gasteiger partial charge in [0.1, 0.15) is 0 Å². The minimum absolute atomic E-state index is 0. The molecule has 17 heavy (non-hydrogen) atoms. The van der Waals surface area contributed by atoms with Gasteiger partial charge in [-0.15, -0.1) is 6.58 Å². The number of rotatable bonds is 2. The van der Waals surface area contributed by atoms with Gasteiger partial charge in [0.2, 0.25) is 0 Å². The largest absolute Gasteiger partial charge is 3.00 e. The smallest absolute Gasteiger partial charge is 0.512 e. The van der Waals surface area contributed by atoms with Crippen LogP contribution in [0.15, 0.2) is 42.7 Å². The predicted octanol–water partition coefficient (Wildman–Crippen LogP) is 4.26. The first-order chi connectivity index (χ1) is 7.83. The Balaban J connectivity index is 0.00000144. The molecule has 1 N–H and O–H groups in total. The summed E-state index contributed by atoms with van der Waals surface area (Å²) in [6.45, 7) is 3.68. The SMILES string of the molecule is C=CC/C(O)=C1\CCCCc2ccccc21.[Sm+3]. The average Bonchev–Trinajstić information content (AvgIpc) is 2.51. The third-order valence-corrected chi connectivity index (χ3v) is 3.15. The van der Waals surface area contributed by atoms with Gasteiger partial charge >= 0.3 is 40.4 Å². The van der Waals surface area contributed by atoms with E-state index >= 15 is 0 Å². The Morgan fingerprint density at radius 1 is 1.24 bits per heavy atom. The molecular formula is C15H18OSm+3. The van der Waals surface area contributed by atoms with E-state index in [9.17, 15) is 5.11 Å². The van der Waals surface area contributed by atoms with Gasteiger partial charge in [-0.2, -0.15) is 0 Å². The summed E-state index contributed by atoms with van der Waals surface area (Å²) in [6, 6.07) is 8.41. The predicted molar refractivity (Wildman–Crippen MR) is 68.4 cm³/mol. The Hall–Kier alpha value is -0.162. The van der Waals surface area contributed by atoms with Crippen molar-refractivity contribution >= 4 is 5.57 Å². The number of fused-ring (bicyclic) bond motifs is 1. The third-order valence-electron chi connectivity index (χ3n) is 3.15. The number of hydrogen-bond donors (Lipinski definition) is 1. The van der Waals surface area contributed by atoms with Crippen LogP contribution in [0.3, 0.4) is 0 Å². The molecule has 1 radical (unpaired) electrons. The Morgan fingerprint density at radius 2 is 1.94 bits per heavy atom. The molecule has 2 heteroatoms. The maximum Gasteiger partial charge on any atom is 3.00 e. The summed E-state index contributed by atoms with van der Waals surface area (Å²) < 4.78 is 0. The molecule has 87 valence electrons. The molecule has 0 bridgehead atoms. The van der Waals surface area contributed by atoms with Crippen LogP contribution < -0.4 is 0 Å². The number of hydrogen-bond acceptors (Lipinski definition) is 1. The summed E-state index contributed by atoms with van der Waals surface area (Å²) in [6.07, 6.45) is 6.81. The van der Waals surface area contributed by atoms with Crippen LogP contribution in [0.5, 0.6) is 0 Å². The van der Waals surface area contributed by atoms with Crippen molar-refractivity contribution in [2.24, 2.45) is 0 Å². The van der Waals surface area contributed by atoms with Crippen molar-refractivity contribution in [3.8, 4) is 0 Å². The Morgan fingerprint density at radius 3 is 2.71 bits per heavy atom. The Labute approximate surface area is 136 Å². The molecule has 0 spiro atoms. The van der Waals surface area contributed by atoms with Crippen LogP contribution in [0.4, 0.5) is 0 Å². The second kappa shape index (κ2) is 7.31. The van der Waals surface area contributed by atoms with Crippen molar-refractivity contribution < 1.29 is 45.5 Å². The van der Waals surface area contributed by atoms with Crippen LogP contribution in [-0.4, -0.2) is 5.11 Å². The third kappa shape index (κ3) is 3.65. The van der Waals surface area contributed by atoms with E-state index in [0.717, 1.165) is 24.8 Å². The number of aliphatic hydroxyl groups is 1. The molecule has 1 aliphatic rings. The van der Waals surface area contributed by atoms with Crippen LogP contribution >= 0.6 is 0 Å². The minimum atomic E-state index is 0. The van der Waals surface area contributed by atoms with Crippen molar-refractivity contribution in [2.45, 2.75) is 32.1 Å². The van der Waals surface area contributed by atoms with E-state index < -0.39 is 0 Å². The fraction of sp³-hybridized carbons (Fsp3) is 0.333. The molecule has 1 aromatic rings. The average molecular weight is 365 g/mol. The molecule has 0 saturated heterocycles. The molecule has 1 nitrogen and oxygen atoms in total. The van der Waals surface area contributed by atoms with Gasteiger partial charge in [0.05, 0.1) is 5.76 Å². The van der Waals surface area contributed by atoms with Crippen LogP contribution in [0.2, 0.25) is 0 Å². The van der Waals surface area contributed by atoms with Gasteiger partial charge in [-0.3, -0.25) is 0 Å². The van der Waals surface area contributed by atoms with E-state index in [-0.39, 0.29) is 40.4 Å². The maximum atomic E-state index is 10.1. The van der Waals surface area contributed by atoms with Crippen molar-refractivity contribution in [3.63, 3.8) is 0 Å². The van der Waals surface area contributed by atoms with E-state index in [1.807, 2.05) is 6.07 Å². The fourth-order valence-electron chi connectivity index (χ4n) is 2.34. The number of allylic oxidation sites excluding steroid dienone is 2. The van der Waals surface area contributed by atoms with Gasteiger partial charge in [0.15, 0.2) is 0 Å². The van der Waals surface area contributed by atoms with Crippen molar-refractivity contribution in [1.29, 1.82) is 0 Å². The maximum absolute atomic E-state index is 10.1. The molecule has 1 aliphatic carbocycles. The number of aryl methyl sites for hydroxylation is 1. The Kier molecular flexibility index (Phi) is 6.41. The summed E-state index contributed by atoms with van der Waals surface area (Å²) in [5.74, 6) is 0.490. The molecule has 0 saturated carbocycles. The van der Waals surface area contributed by atoms with Crippen LogP contribution in [0, 0.1) is 40.4 Å². The van der Waals surface area contributed by atoms with Gasteiger partial charge in [-0.1, -0.05) is 30.3 Å². The second-order valence-corrected chi connectivity index (χ2v) is 4.28. The zero-order valence-corrected chi connectivity index (χ0v) is 12.6. The van der Waals surface area contributed by atoms with Crippen molar-refractivity contribution in [2.75, 3.05) is 0 Å². The molecule has 1 aromatic carbocycles. The van der Waals surface area contributed by atoms with Crippen molar-refractivity contribution in [1.82, 2.24) is 0 Å². The molecule has 0 atom stereocenters. The van der Waals surface area contributed by atoms with E-state index in [1.165, 1.54) is 17.5 Å². The molecule has 2 rings (SSSR count). The topological polar surface area (TPSA) is 20.2 Å². The first kappa shape index (κ1) is 14.9. The van der Waals surface area contributed by atoms with E-state index in [1.54, 1.807) is 6.08 Å². The molecule has 0 heterocycles. The molecular weight excluding hydrogens is 347 g/mol. The number of aliphatic hydroxyl groups excluding tert-OH is 1. The zero-order chi connectivity index (χ0) is 11.4. The monoisotopic (exact) mass is 366 g/mol. The molecule has 0 fully saturated rings.